The molecule has 0 atom stereocenters. The Morgan fingerprint density at radius 3 is 2.50 bits per heavy atom. The smallest absolute Gasteiger partial charge is 0.338 e. The molecular weight excluding hydrogens is 284 g/mol. The molecule has 0 aliphatic carbocycles. The molecular formula is C12H16N2O5S. The maximum atomic E-state index is 11.9. The summed E-state index contributed by atoms with van der Waals surface area (Å²) in [5, 5.41) is 11.4. The van der Waals surface area contributed by atoms with E-state index in [4.69, 9.17) is 5.11 Å². The Balaban J connectivity index is 2.92. The Labute approximate surface area is 116 Å². The number of nitrogens with zero attached hydrogens (tertiary/aromatic N) is 1. The van der Waals surface area contributed by atoms with Crippen LogP contribution in [0, 0.1) is 0 Å². The summed E-state index contributed by atoms with van der Waals surface area (Å²) in [5.74, 6) is -2.00. The van der Waals surface area contributed by atoms with Gasteiger partial charge in [-0.2, -0.15) is 0 Å². The lowest BCUT2D eigenvalue weighted by molar-refractivity contribution is 0.0690. The van der Waals surface area contributed by atoms with Gasteiger partial charge in [0.2, 0.25) is 0 Å². The lowest BCUT2D eigenvalue weighted by Gasteiger charge is -2.22. The number of carboxylic acid groups (broad SMARTS) is 1. The van der Waals surface area contributed by atoms with E-state index in [-0.39, 0.29) is 17.8 Å². The number of carboxylic acids is 1. The molecule has 1 aromatic heterocycles. The minimum atomic E-state index is -3.36. The van der Waals surface area contributed by atoms with Gasteiger partial charge in [-0.15, -0.1) is 0 Å². The molecule has 0 radical (unpaired) electrons. The molecule has 0 aliphatic rings. The van der Waals surface area contributed by atoms with Crippen molar-refractivity contribution in [1.82, 2.24) is 10.3 Å². The first-order valence-electron chi connectivity index (χ1n) is 5.72. The number of aromatic carboxylic acids is 1. The fourth-order valence-electron chi connectivity index (χ4n) is 1.27. The number of rotatable bonds is 5. The lowest BCUT2D eigenvalue weighted by Crippen LogP contribution is -2.44. The largest absolute Gasteiger partial charge is 0.478 e. The maximum Gasteiger partial charge on any atom is 0.338 e. The minimum absolute atomic E-state index is 0.139. The Kier molecular flexibility index (Phi) is 4.49. The topological polar surface area (TPSA) is 113 Å². The first-order chi connectivity index (χ1) is 9.06. The van der Waals surface area contributed by atoms with Crippen molar-refractivity contribution in [2.45, 2.75) is 18.6 Å². The van der Waals surface area contributed by atoms with E-state index in [0.29, 0.717) is 0 Å². The summed E-state index contributed by atoms with van der Waals surface area (Å²) >= 11 is 0. The van der Waals surface area contributed by atoms with Gasteiger partial charge < -0.3 is 10.4 Å². The van der Waals surface area contributed by atoms with E-state index in [1.54, 1.807) is 0 Å². The Hall–Kier alpha value is -1.96. The van der Waals surface area contributed by atoms with E-state index in [2.05, 4.69) is 10.3 Å². The monoisotopic (exact) mass is 300 g/mol. The highest BCUT2D eigenvalue weighted by Crippen LogP contribution is 2.14. The van der Waals surface area contributed by atoms with Crippen molar-refractivity contribution >= 4 is 21.7 Å². The molecule has 7 nitrogen and oxygen atoms in total. The zero-order valence-electron chi connectivity index (χ0n) is 11.4. The molecule has 0 bridgehead atoms. The number of sulfone groups is 1. The fourth-order valence-corrected chi connectivity index (χ4v) is 1.60. The number of aromatic nitrogens is 1. The van der Waals surface area contributed by atoms with Crippen LogP contribution in [0.1, 0.15) is 34.7 Å². The molecule has 20 heavy (non-hydrogen) atoms. The van der Waals surface area contributed by atoms with Crippen LogP contribution in [-0.2, 0) is 9.84 Å². The van der Waals surface area contributed by atoms with Crippen molar-refractivity contribution in [2.75, 3.05) is 12.8 Å². The highest BCUT2D eigenvalue weighted by molar-refractivity contribution is 7.92. The van der Waals surface area contributed by atoms with Gasteiger partial charge in [-0.1, -0.05) is 0 Å². The van der Waals surface area contributed by atoms with E-state index >= 15 is 0 Å². The molecule has 1 aromatic rings. The molecule has 0 spiro atoms. The molecule has 0 fully saturated rings. The third kappa shape index (κ3) is 3.53. The average molecular weight is 300 g/mol. The second-order valence-electron chi connectivity index (χ2n) is 4.92. The first kappa shape index (κ1) is 16.1. The van der Waals surface area contributed by atoms with E-state index in [9.17, 15) is 18.0 Å². The number of carbonyl (C=O) groups is 2. The second-order valence-corrected chi connectivity index (χ2v) is 7.57. The van der Waals surface area contributed by atoms with Crippen LogP contribution < -0.4 is 5.32 Å². The van der Waals surface area contributed by atoms with Crippen LogP contribution in [-0.4, -0.2) is 47.9 Å². The third-order valence-corrected chi connectivity index (χ3v) is 5.08. The van der Waals surface area contributed by atoms with Crippen LogP contribution in [0.2, 0.25) is 0 Å². The Bertz CT molecular complexity index is 637. The normalized spacial score (nSPS) is 11.9. The van der Waals surface area contributed by atoms with Crippen molar-refractivity contribution in [3.63, 3.8) is 0 Å². The van der Waals surface area contributed by atoms with Crippen LogP contribution >= 0.6 is 0 Å². The summed E-state index contributed by atoms with van der Waals surface area (Å²) in [5.41, 5.74) is -0.480. The first-order valence-corrected chi connectivity index (χ1v) is 7.61. The minimum Gasteiger partial charge on any atom is -0.478 e. The molecule has 0 saturated carbocycles. The van der Waals surface area contributed by atoms with Gasteiger partial charge in [-0.05, 0) is 26.0 Å². The van der Waals surface area contributed by atoms with Crippen LogP contribution in [0.15, 0.2) is 18.3 Å². The number of amides is 1. The molecule has 1 rings (SSSR count). The third-order valence-electron chi connectivity index (χ3n) is 2.93. The number of carbonyl (C=O) groups excluding carboxylic acids is 1. The van der Waals surface area contributed by atoms with Gasteiger partial charge in [0.15, 0.2) is 9.84 Å². The van der Waals surface area contributed by atoms with Crippen molar-refractivity contribution < 1.29 is 23.1 Å². The number of hydrogen-bond donors (Lipinski definition) is 2. The molecule has 0 aliphatic heterocycles. The molecule has 0 unspecified atom stereocenters. The predicted molar refractivity (Wildman–Crippen MR) is 72.5 cm³/mol. The van der Waals surface area contributed by atoms with Crippen LogP contribution in [0.4, 0.5) is 0 Å². The molecule has 2 N–H and O–H groups in total. The van der Waals surface area contributed by atoms with Gasteiger partial charge in [-0.25, -0.2) is 13.2 Å². The molecule has 1 heterocycles. The quantitative estimate of drug-likeness (QED) is 0.810. The fraction of sp³-hybridized carbons (Fsp3) is 0.417. The average Bonchev–Trinajstić information content (AvgIpc) is 2.34. The standard InChI is InChI=1S/C12H16N2O5S/c1-12(2,20(3,18)19)7-14-10(15)9-8(11(16)17)5-4-6-13-9/h4-6H,7H2,1-3H3,(H,14,15)(H,16,17). The van der Waals surface area contributed by atoms with Gasteiger partial charge >= 0.3 is 5.97 Å². The van der Waals surface area contributed by atoms with Gasteiger partial charge in [0.25, 0.3) is 5.91 Å². The van der Waals surface area contributed by atoms with Crippen LogP contribution in [0.3, 0.4) is 0 Å². The summed E-state index contributed by atoms with van der Waals surface area (Å²) in [4.78, 5) is 26.6. The molecule has 8 heteroatoms. The predicted octanol–water partition coefficient (Wildman–Crippen LogP) is 0.333. The van der Waals surface area contributed by atoms with Crippen LogP contribution in [0.5, 0.6) is 0 Å². The van der Waals surface area contributed by atoms with Gasteiger partial charge in [0.1, 0.15) is 5.69 Å². The number of nitrogens with one attached hydrogen (secondary N) is 1. The van der Waals surface area contributed by atoms with E-state index in [1.165, 1.54) is 32.2 Å². The van der Waals surface area contributed by atoms with Crippen molar-refractivity contribution in [3.05, 3.63) is 29.6 Å². The summed E-state index contributed by atoms with van der Waals surface area (Å²) in [6.45, 7) is 2.80. The van der Waals surface area contributed by atoms with E-state index in [1.807, 2.05) is 0 Å². The molecule has 110 valence electrons. The summed E-state index contributed by atoms with van der Waals surface area (Å²) in [7, 11) is -3.36. The van der Waals surface area contributed by atoms with Crippen molar-refractivity contribution in [2.24, 2.45) is 0 Å². The Morgan fingerprint density at radius 1 is 1.40 bits per heavy atom. The van der Waals surface area contributed by atoms with Crippen LogP contribution in [0.25, 0.3) is 0 Å². The molecule has 1 amide bonds. The van der Waals surface area contributed by atoms with E-state index < -0.39 is 26.5 Å². The maximum absolute atomic E-state index is 11.9. The van der Waals surface area contributed by atoms with Gasteiger partial charge in [0, 0.05) is 19.0 Å². The highest BCUT2D eigenvalue weighted by atomic mass is 32.2. The zero-order valence-corrected chi connectivity index (χ0v) is 12.2. The lowest BCUT2D eigenvalue weighted by atomic mass is 10.1. The number of hydrogen-bond acceptors (Lipinski definition) is 5. The van der Waals surface area contributed by atoms with Gasteiger partial charge in [-0.3, -0.25) is 9.78 Å². The van der Waals surface area contributed by atoms with Gasteiger partial charge in [0.05, 0.1) is 10.3 Å². The highest BCUT2D eigenvalue weighted by Gasteiger charge is 2.31. The zero-order chi connectivity index (χ0) is 15.6. The van der Waals surface area contributed by atoms with Crippen molar-refractivity contribution in [3.8, 4) is 0 Å². The number of pyridine rings is 1. The van der Waals surface area contributed by atoms with E-state index in [0.717, 1.165) is 6.26 Å². The summed E-state index contributed by atoms with van der Waals surface area (Å²) in [6, 6.07) is 2.66. The Morgan fingerprint density at radius 2 is 2.00 bits per heavy atom. The second kappa shape index (κ2) is 5.58. The molecule has 0 aromatic carbocycles. The summed E-state index contributed by atoms with van der Waals surface area (Å²) in [6.07, 6.45) is 2.37. The molecule has 0 saturated heterocycles. The summed E-state index contributed by atoms with van der Waals surface area (Å²) < 4.78 is 21.9. The van der Waals surface area contributed by atoms with Crippen molar-refractivity contribution in [1.29, 1.82) is 0 Å². The SMILES string of the molecule is CC(C)(CNC(=O)c1ncccc1C(=O)O)S(C)(=O)=O.